The fourth-order valence-electron chi connectivity index (χ4n) is 3.29. The smallest absolute Gasteiger partial charge is 0.256 e. The van der Waals surface area contributed by atoms with Crippen LogP contribution in [-0.4, -0.2) is 25.5 Å². The summed E-state index contributed by atoms with van der Waals surface area (Å²) in [6.07, 6.45) is 1.86. The molecule has 0 saturated carbocycles. The zero-order chi connectivity index (χ0) is 21.1. The molecule has 0 atom stereocenters. The fraction of sp³-hybridized carbons (Fsp3) is 0.174. The number of nitrogens with zero attached hydrogens (tertiary/aromatic N) is 4. The van der Waals surface area contributed by atoms with E-state index in [0.717, 1.165) is 27.0 Å². The molecule has 0 fully saturated rings. The molecule has 0 spiro atoms. The number of anilines is 1. The highest BCUT2D eigenvalue weighted by atomic mass is 79.9. The first-order valence-electron chi connectivity index (χ1n) is 9.67. The van der Waals surface area contributed by atoms with Gasteiger partial charge in [0.25, 0.3) is 5.91 Å². The van der Waals surface area contributed by atoms with E-state index in [1.165, 1.54) is 0 Å². The highest BCUT2D eigenvalue weighted by molar-refractivity contribution is 9.10. The Morgan fingerprint density at radius 2 is 1.73 bits per heavy atom. The second-order valence-corrected chi connectivity index (χ2v) is 7.97. The molecule has 0 unspecified atom stereocenters. The number of rotatable bonds is 6. The average Bonchev–Trinajstić information content (AvgIpc) is 3.28. The lowest BCUT2D eigenvalue weighted by atomic mass is 10.1. The molecule has 0 aliphatic rings. The molecule has 0 saturated heterocycles. The van der Waals surface area contributed by atoms with Crippen molar-refractivity contribution in [2.24, 2.45) is 0 Å². The number of carbonyl (C=O) groups is 1. The van der Waals surface area contributed by atoms with Gasteiger partial charge in [-0.1, -0.05) is 42.5 Å². The number of aryl methyl sites for hydroxylation is 1. The zero-order valence-corrected chi connectivity index (χ0v) is 18.4. The summed E-state index contributed by atoms with van der Waals surface area (Å²) in [6, 6.07) is 19.5. The van der Waals surface area contributed by atoms with Crippen LogP contribution in [0.4, 0.5) is 5.82 Å². The quantitative estimate of drug-likeness (QED) is 0.446. The lowest BCUT2D eigenvalue weighted by Crippen LogP contribution is -2.13. The van der Waals surface area contributed by atoms with Gasteiger partial charge in [0, 0.05) is 17.8 Å². The second kappa shape index (κ2) is 8.67. The number of nitrogens with one attached hydrogen (secondary N) is 1. The molecule has 2 heterocycles. The van der Waals surface area contributed by atoms with Crippen LogP contribution in [0, 0.1) is 13.8 Å². The first-order chi connectivity index (χ1) is 14.5. The molecule has 7 heteroatoms. The minimum Gasteiger partial charge on any atom is -0.305 e. The largest absolute Gasteiger partial charge is 0.305 e. The molecule has 30 heavy (non-hydrogen) atoms. The van der Waals surface area contributed by atoms with Gasteiger partial charge in [-0.05, 0) is 53.0 Å². The van der Waals surface area contributed by atoms with Gasteiger partial charge in [0.05, 0.1) is 29.0 Å². The summed E-state index contributed by atoms with van der Waals surface area (Å²) in [5.74, 6) is 0.347. The van der Waals surface area contributed by atoms with Crippen molar-refractivity contribution in [3.63, 3.8) is 0 Å². The Bertz CT molecular complexity index is 1180. The molecule has 6 nitrogen and oxygen atoms in total. The second-order valence-electron chi connectivity index (χ2n) is 7.18. The van der Waals surface area contributed by atoms with Gasteiger partial charge >= 0.3 is 0 Å². The van der Waals surface area contributed by atoms with Gasteiger partial charge in [-0.3, -0.25) is 14.2 Å². The third kappa shape index (κ3) is 4.52. The predicted octanol–water partition coefficient (Wildman–Crippen LogP) is 4.81. The van der Waals surface area contributed by atoms with Crippen LogP contribution in [0.2, 0.25) is 0 Å². The number of hydrogen-bond donors (Lipinski definition) is 1. The van der Waals surface area contributed by atoms with Gasteiger partial charge in [-0.2, -0.15) is 10.2 Å². The monoisotopic (exact) mass is 463 g/mol. The van der Waals surface area contributed by atoms with Crippen molar-refractivity contribution in [2.75, 3.05) is 5.32 Å². The van der Waals surface area contributed by atoms with Crippen LogP contribution in [0.5, 0.6) is 0 Å². The van der Waals surface area contributed by atoms with Crippen LogP contribution in [0.1, 0.15) is 32.9 Å². The summed E-state index contributed by atoms with van der Waals surface area (Å²) < 4.78 is 4.76. The highest BCUT2D eigenvalue weighted by Crippen LogP contribution is 2.21. The summed E-state index contributed by atoms with van der Waals surface area (Å²) in [5.41, 5.74) is 4.77. The molecule has 2 aromatic carbocycles. The Kier molecular flexibility index (Phi) is 5.81. The molecular weight excluding hydrogens is 442 g/mol. The molecule has 4 rings (SSSR count). The predicted molar refractivity (Wildman–Crippen MR) is 121 cm³/mol. The van der Waals surface area contributed by atoms with Crippen molar-refractivity contribution in [3.8, 4) is 0 Å². The van der Waals surface area contributed by atoms with Gasteiger partial charge in [0.2, 0.25) is 0 Å². The minimum absolute atomic E-state index is 0.184. The SMILES string of the molecule is Cc1nn(Cc2cccc(C(=O)Nc3ccn(Cc4ccccc4)n3)c2)c(C)c1Br. The first kappa shape index (κ1) is 20.1. The van der Waals surface area contributed by atoms with Crippen LogP contribution >= 0.6 is 15.9 Å². The van der Waals surface area contributed by atoms with E-state index in [4.69, 9.17) is 0 Å². The maximum absolute atomic E-state index is 12.7. The molecule has 2 aromatic heterocycles. The third-order valence-corrected chi connectivity index (χ3v) is 6.03. The van der Waals surface area contributed by atoms with Crippen molar-refractivity contribution < 1.29 is 4.79 Å². The number of aromatic nitrogens is 4. The normalized spacial score (nSPS) is 10.9. The Hall–Kier alpha value is -3.19. The molecule has 0 aliphatic carbocycles. The van der Waals surface area contributed by atoms with Gasteiger partial charge in [-0.15, -0.1) is 0 Å². The lowest BCUT2D eigenvalue weighted by Gasteiger charge is -2.07. The maximum Gasteiger partial charge on any atom is 0.256 e. The highest BCUT2D eigenvalue weighted by Gasteiger charge is 2.12. The number of amides is 1. The van der Waals surface area contributed by atoms with Gasteiger partial charge in [-0.25, -0.2) is 0 Å². The van der Waals surface area contributed by atoms with Crippen LogP contribution in [0.15, 0.2) is 71.3 Å². The third-order valence-electron chi connectivity index (χ3n) is 4.88. The summed E-state index contributed by atoms with van der Waals surface area (Å²) in [4.78, 5) is 12.7. The molecule has 152 valence electrons. The molecule has 0 radical (unpaired) electrons. The lowest BCUT2D eigenvalue weighted by molar-refractivity contribution is 0.102. The van der Waals surface area contributed by atoms with E-state index in [1.54, 1.807) is 12.1 Å². The summed E-state index contributed by atoms with van der Waals surface area (Å²) in [7, 11) is 0. The zero-order valence-electron chi connectivity index (χ0n) is 16.8. The Balaban J connectivity index is 1.44. The van der Waals surface area contributed by atoms with Crippen molar-refractivity contribution in [1.29, 1.82) is 0 Å². The first-order valence-corrected chi connectivity index (χ1v) is 10.5. The maximum atomic E-state index is 12.7. The van der Waals surface area contributed by atoms with Crippen molar-refractivity contribution >= 4 is 27.7 Å². The summed E-state index contributed by atoms with van der Waals surface area (Å²) in [5, 5.41) is 11.9. The van der Waals surface area contributed by atoms with Crippen LogP contribution < -0.4 is 5.32 Å². The summed E-state index contributed by atoms with van der Waals surface area (Å²) >= 11 is 3.55. The van der Waals surface area contributed by atoms with Crippen molar-refractivity contribution in [2.45, 2.75) is 26.9 Å². The Morgan fingerprint density at radius 3 is 2.47 bits per heavy atom. The molecule has 1 amide bonds. The fourth-order valence-corrected chi connectivity index (χ4v) is 3.57. The average molecular weight is 464 g/mol. The van der Waals surface area contributed by atoms with E-state index in [2.05, 4.69) is 31.4 Å². The molecular formula is C23H22BrN5O. The topological polar surface area (TPSA) is 64.7 Å². The number of benzene rings is 2. The summed E-state index contributed by atoms with van der Waals surface area (Å²) in [6.45, 7) is 5.25. The molecule has 0 bridgehead atoms. The van der Waals surface area contributed by atoms with Gasteiger partial charge in [0.1, 0.15) is 0 Å². The van der Waals surface area contributed by atoms with E-state index in [0.29, 0.717) is 24.5 Å². The number of hydrogen-bond acceptors (Lipinski definition) is 3. The Morgan fingerprint density at radius 1 is 0.967 bits per heavy atom. The molecule has 0 aliphatic heterocycles. The number of halogens is 1. The van der Waals surface area contributed by atoms with Crippen LogP contribution in [-0.2, 0) is 13.1 Å². The molecule has 1 N–H and O–H groups in total. The number of carbonyl (C=O) groups excluding carboxylic acids is 1. The van der Waals surface area contributed by atoms with Gasteiger partial charge in [0.15, 0.2) is 5.82 Å². The minimum atomic E-state index is -0.184. The Labute approximate surface area is 183 Å². The van der Waals surface area contributed by atoms with E-state index in [1.807, 2.05) is 77.9 Å². The standard InChI is InChI=1S/C23H22BrN5O/c1-16-22(24)17(2)29(26-16)15-19-9-6-10-20(13-19)23(30)25-21-11-12-28(27-21)14-18-7-4-3-5-8-18/h3-13H,14-15H2,1-2H3,(H,25,27,30). The van der Waals surface area contributed by atoms with Gasteiger partial charge < -0.3 is 5.32 Å². The van der Waals surface area contributed by atoms with E-state index >= 15 is 0 Å². The van der Waals surface area contributed by atoms with Crippen molar-refractivity contribution in [3.05, 3.63) is 99.4 Å². The van der Waals surface area contributed by atoms with Crippen molar-refractivity contribution in [1.82, 2.24) is 19.6 Å². The van der Waals surface area contributed by atoms with Crippen LogP contribution in [0.3, 0.4) is 0 Å². The van der Waals surface area contributed by atoms with E-state index in [-0.39, 0.29) is 5.91 Å². The van der Waals surface area contributed by atoms with Crippen LogP contribution in [0.25, 0.3) is 0 Å². The van der Waals surface area contributed by atoms with E-state index < -0.39 is 0 Å². The van der Waals surface area contributed by atoms with E-state index in [9.17, 15) is 4.79 Å². The molecule has 4 aromatic rings.